The number of amides is 1. The van der Waals surface area contributed by atoms with Gasteiger partial charge in [0, 0.05) is 12.6 Å². The number of rotatable bonds is 5. The van der Waals surface area contributed by atoms with Crippen LogP contribution in [0, 0.1) is 11.8 Å². The normalized spacial score (nSPS) is 23.0. The predicted octanol–water partition coefficient (Wildman–Crippen LogP) is 1.05. The van der Waals surface area contributed by atoms with Crippen molar-refractivity contribution in [1.29, 1.82) is 0 Å². The van der Waals surface area contributed by atoms with Gasteiger partial charge in [0.1, 0.15) is 0 Å². The third-order valence-corrected chi connectivity index (χ3v) is 3.81. The molecule has 0 saturated carbocycles. The Morgan fingerprint density at radius 3 is 3.10 bits per heavy atom. The van der Waals surface area contributed by atoms with Crippen LogP contribution in [0.15, 0.2) is 6.20 Å². The van der Waals surface area contributed by atoms with Crippen molar-refractivity contribution in [3.63, 3.8) is 0 Å². The molecule has 1 aromatic rings. The van der Waals surface area contributed by atoms with Gasteiger partial charge < -0.3 is 10.6 Å². The number of hydrogen-bond acceptors (Lipinski definition) is 4. The third kappa shape index (κ3) is 4.03. The minimum Gasteiger partial charge on any atom is -0.347 e. The summed E-state index contributed by atoms with van der Waals surface area (Å²) in [6, 6.07) is 0.226. The topological polar surface area (TPSA) is 71.8 Å². The van der Waals surface area contributed by atoms with Crippen LogP contribution in [0.25, 0.3) is 0 Å². The zero-order valence-electron chi connectivity index (χ0n) is 12.6. The Labute approximate surface area is 120 Å². The van der Waals surface area contributed by atoms with E-state index in [4.69, 9.17) is 0 Å². The average Bonchev–Trinajstić information content (AvgIpc) is 2.88. The number of hydrogen-bond donors (Lipinski definition) is 2. The van der Waals surface area contributed by atoms with E-state index in [1.165, 1.54) is 0 Å². The lowest BCUT2D eigenvalue weighted by Crippen LogP contribution is -2.48. The summed E-state index contributed by atoms with van der Waals surface area (Å²) < 4.78 is 1.75. The Balaban J connectivity index is 1.88. The fourth-order valence-corrected chi connectivity index (χ4v) is 2.37. The molecule has 0 aliphatic carbocycles. The van der Waals surface area contributed by atoms with Crippen LogP contribution >= 0.6 is 0 Å². The fourth-order valence-electron chi connectivity index (χ4n) is 2.37. The Bertz CT molecular complexity index is 443. The number of carbonyl (C=O) groups excluding carboxylic acids is 1. The first-order valence-electron chi connectivity index (χ1n) is 7.48. The quantitative estimate of drug-likeness (QED) is 0.845. The summed E-state index contributed by atoms with van der Waals surface area (Å²) in [5, 5.41) is 14.4. The summed E-state index contributed by atoms with van der Waals surface area (Å²) in [7, 11) is 0. The van der Waals surface area contributed by atoms with Gasteiger partial charge in [-0.3, -0.25) is 9.48 Å². The van der Waals surface area contributed by atoms with E-state index in [9.17, 15) is 4.79 Å². The summed E-state index contributed by atoms with van der Waals surface area (Å²) in [5.74, 6) is 0.954. The summed E-state index contributed by atoms with van der Waals surface area (Å²) in [5.41, 5.74) is 0.416. The van der Waals surface area contributed by atoms with Gasteiger partial charge in [-0.2, -0.15) is 0 Å². The Morgan fingerprint density at radius 2 is 2.40 bits per heavy atom. The molecular formula is C14H25N5O. The molecule has 1 aromatic heterocycles. The van der Waals surface area contributed by atoms with E-state index < -0.39 is 0 Å². The van der Waals surface area contributed by atoms with Crippen molar-refractivity contribution in [2.75, 3.05) is 13.1 Å². The van der Waals surface area contributed by atoms with Crippen LogP contribution < -0.4 is 10.6 Å². The van der Waals surface area contributed by atoms with Gasteiger partial charge in [-0.25, -0.2) is 0 Å². The number of aromatic nitrogens is 3. The van der Waals surface area contributed by atoms with E-state index in [-0.39, 0.29) is 11.9 Å². The summed E-state index contributed by atoms with van der Waals surface area (Å²) in [4.78, 5) is 12.2. The summed E-state index contributed by atoms with van der Waals surface area (Å²) in [6.45, 7) is 9.20. The molecule has 0 bridgehead atoms. The number of nitrogens with zero attached hydrogens (tertiary/aromatic N) is 3. The van der Waals surface area contributed by atoms with Crippen LogP contribution in [0.3, 0.4) is 0 Å². The van der Waals surface area contributed by atoms with E-state index in [0.717, 1.165) is 32.5 Å². The van der Waals surface area contributed by atoms with E-state index in [1.54, 1.807) is 10.9 Å². The van der Waals surface area contributed by atoms with Gasteiger partial charge in [0.2, 0.25) is 0 Å². The van der Waals surface area contributed by atoms with Gasteiger partial charge in [-0.05, 0) is 37.8 Å². The molecule has 1 aliphatic rings. The summed E-state index contributed by atoms with van der Waals surface area (Å²) in [6.07, 6.45) is 3.74. The minimum atomic E-state index is -0.112. The zero-order chi connectivity index (χ0) is 14.5. The van der Waals surface area contributed by atoms with E-state index >= 15 is 0 Å². The van der Waals surface area contributed by atoms with Crippen LogP contribution in [-0.4, -0.2) is 40.0 Å². The van der Waals surface area contributed by atoms with E-state index in [1.807, 2.05) is 0 Å². The maximum Gasteiger partial charge on any atom is 0.273 e. The van der Waals surface area contributed by atoms with Crippen molar-refractivity contribution >= 4 is 5.91 Å². The van der Waals surface area contributed by atoms with Crippen molar-refractivity contribution < 1.29 is 4.79 Å². The number of piperidine rings is 1. The molecule has 0 radical (unpaired) electrons. The highest BCUT2D eigenvalue weighted by molar-refractivity contribution is 5.92. The first kappa shape index (κ1) is 15.0. The van der Waals surface area contributed by atoms with E-state index in [2.05, 4.69) is 41.7 Å². The first-order chi connectivity index (χ1) is 9.56. The molecule has 112 valence electrons. The van der Waals surface area contributed by atoms with Crippen molar-refractivity contribution in [3.05, 3.63) is 11.9 Å². The fraction of sp³-hybridized carbons (Fsp3) is 0.786. The van der Waals surface area contributed by atoms with Gasteiger partial charge in [0.15, 0.2) is 5.69 Å². The molecule has 1 saturated heterocycles. The second-order valence-electron chi connectivity index (χ2n) is 6.10. The monoisotopic (exact) mass is 279 g/mol. The maximum atomic E-state index is 12.2. The van der Waals surface area contributed by atoms with Crippen molar-refractivity contribution in [3.8, 4) is 0 Å². The molecule has 1 amide bonds. The standard InChI is InChI=1S/C14H25N5O/c1-10(2)5-7-19-9-13(17-18-19)14(20)16-12-4-6-15-8-11(12)3/h9-12,15H,4-8H2,1-3H3,(H,16,20). The Morgan fingerprint density at radius 1 is 1.60 bits per heavy atom. The van der Waals surface area contributed by atoms with Crippen LogP contribution in [0.2, 0.25) is 0 Å². The lowest BCUT2D eigenvalue weighted by molar-refractivity contribution is 0.0909. The van der Waals surface area contributed by atoms with E-state index in [0.29, 0.717) is 17.5 Å². The molecule has 2 rings (SSSR count). The second kappa shape index (κ2) is 6.83. The number of aryl methyl sites for hydroxylation is 1. The molecule has 1 fully saturated rings. The average molecular weight is 279 g/mol. The molecule has 2 unspecified atom stereocenters. The van der Waals surface area contributed by atoms with Crippen LogP contribution in [0.1, 0.15) is 44.1 Å². The highest BCUT2D eigenvalue weighted by Crippen LogP contribution is 2.11. The SMILES string of the molecule is CC(C)CCn1cc(C(=O)NC2CCNCC2C)nn1. The van der Waals surface area contributed by atoms with Crippen LogP contribution in [0.5, 0.6) is 0 Å². The molecule has 2 N–H and O–H groups in total. The van der Waals surface area contributed by atoms with Gasteiger partial charge >= 0.3 is 0 Å². The molecule has 2 atom stereocenters. The minimum absolute atomic E-state index is 0.112. The second-order valence-corrected chi connectivity index (χ2v) is 6.10. The first-order valence-corrected chi connectivity index (χ1v) is 7.48. The van der Waals surface area contributed by atoms with Crippen molar-refractivity contribution in [2.45, 2.75) is 46.2 Å². The Kier molecular flexibility index (Phi) is 5.11. The molecule has 6 heteroatoms. The van der Waals surface area contributed by atoms with Gasteiger partial charge in [-0.1, -0.05) is 26.0 Å². The van der Waals surface area contributed by atoms with Crippen molar-refractivity contribution in [1.82, 2.24) is 25.6 Å². The number of carbonyl (C=O) groups is 1. The largest absolute Gasteiger partial charge is 0.347 e. The van der Waals surface area contributed by atoms with Crippen LogP contribution in [-0.2, 0) is 6.54 Å². The molecule has 20 heavy (non-hydrogen) atoms. The van der Waals surface area contributed by atoms with Gasteiger partial charge in [0.05, 0.1) is 6.20 Å². The zero-order valence-corrected chi connectivity index (χ0v) is 12.6. The highest BCUT2D eigenvalue weighted by Gasteiger charge is 2.24. The molecule has 6 nitrogen and oxygen atoms in total. The van der Waals surface area contributed by atoms with Gasteiger partial charge in [-0.15, -0.1) is 5.10 Å². The predicted molar refractivity (Wildman–Crippen MR) is 77.4 cm³/mol. The van der Waals surface area contributed by atoms with Crippen molar-refractivity contribution in [2.24, 2.45) is 11.8 Å². The molecule has 2 heterocycles. The smallest absolute Gasteiger partial charge is 0.273 e. The molecule has 0 aromatic carbocycles. The number of nitrogens with one attached hydrogen (secondary N) is 2. The highest BCUT2D eigenvalue weighted by atomic mass is 16.2. The molecular weight excluding hydrogens is 254 g/mol. The molecule has 1 aliphatic heterocycles. The third-order valence-electron chi connectivity index (χ3n) is 3.81. The summed E-state index contributed by atoms with van der Waals surface area (Å²) >= 11 is 0. The lowest BCUT2D eigenvalue weighted by atomic mass is 9.95. The Hall–Kier alpha value is -1.43. The van der Waals surface area contributed by atoms with Crippen LogP contribution in [0.4, 0.5) is 0 Å². The molecule has 0 spiro atoms. The maximum absolute atomic E-state index is 12.2. The van der Waals surface area contributed by atoms with Gasteiger partial charge in [0.25, 0.3) is 5.91 Å². The lowest BCUT2D eigenvalue weighted by Gasteiger charge is -2.29.